The van der Waals surface area contributed by atoms with Crippen LogP contribution in [-0.4, -0.2) is 38.6 Å². The Bertz CT molecular complexity index is 835. The summed E-state index contributed by atoms with van der Waals surface area (Å²) in [6.07, 6.45) is 1.83. The number of carbonyl (C=O) groups excluding carboxylic acids is 1. The van der Waals surface area contributed by atoms with Gasteiger partial charge in [-0.05, 0) is 51.7 Å². The lowest BCUT2D eigenvalue weighted by atomic mass is 9.96. The summed E-state index contributed by atoms with van der Waals surface area (Å²) in [6, 6.07) is 6.77. The highest BCUT2D eigenvalue weighted by molar-refractivity contribution is 5.95. The molecular formula is C19H24N4O3. The van der Waals surface area contributed by atoms with Gasteiger partial charge < -0.3 is 4.90 Å². The number of likely N-dealkylation sites (tertiary alicyclic amines) is 1. The number of amides is 1. The maximum atomic E-state index is 12.7. The fraction of sp³-hybridized carbons (Fsp3) is 0.474. The summed E-state index contributed by atoms with van der Waals surface area (Å²) in [5.74, 6) is 0.363. The quantitative estimate of drug-likeness (QED) is 0.622. The molecule has 1 saturated heterocycles. The van der Waals surface area contributed by atoms with E-state index in [9.17, 15) is 14.9 Å². The summed E-state index contributed by atoms with van der Waals surface area (Å²) in [7, 11) is 0. The summed E-state index contributed by atoms with van der Waals surface area (Å²) in [5.41, 5.74) is 3.13. The Morgan fingerprint density at radius 3 is 2.50 bits per heavy atom. The maximum absolute atomic E-state index is 12.7. The Kier molecular flexibility index (Phi) is 5.06. The second-order valence-corrected chi connectivity index (χ2v) is 7.10. The van der Waals surface area contributed by atoms with E-state index in [1.165, 1.54) is 6.07 Å². The van der Waals surface area contributed by atoms with E-state index in [2.05, 4.69) is 18.1 Å². The second-order valence-electron chi connectivity index (χ2n) is 7.10. The van der Waals surface area contributed by atoms with Crippen molar-refractivity contribution >= 4 is 11.6 Å². The van der Waals surface area contributed by atoms with Gasteiger partial charge in [-0.25, -0.2) is 0 Å². The van der Waals surface area contributed by atoms with Crippen LogP contribution in [0, 0.1) is 36.8 Å². The van der Waals surface area contributed by atoms with Gasteiger partial charge in [-0.15, -0.1) is 0 Å². The molecule has 7 nitrogen and oxygen atoms in total. The molecule has 0 spiro atoms. The van der Waals surface area contributed by atoms with Crippen LogP contribution in [0.15, 0.2) is 24.3 Å². The molecule has 0 saturated carbocycles. The van der Waals surface area contributed by atoms with Gasteiger partial charge >= 0.3 is 0 Å². The highest BCUT2D eigenvalue weighted by atomic mass is 16.6. The number of hydrogen-bond acceptors (Lipinski definition) is 4. The average molecular weight is 356 g/mol. The summed E-state index contributed by atoms with van der Waals surface area (Å²) in [5, 5.41) is 15.6. The molecule has 0 radical (unpaired) electrons. The minimum Gasteiger partial charge on any atom is -0.339 e. The number of aromatic nitrogens is 2. The highest BCUT2D eigenvalue weighted by Crippen LogP contribution is 2.24. The maximum Gasteiger partial charge on any atom is 0.273 e. The second kappa shape index (κ2) is 7.27. The Hall–Kier alpha value is -2.70. The van der Waals surface area contributed by atoms with Crippen LogP contribution < -0.4 is 0 Å². The standard InChI is InChI=1S/C19H24N4O3/c1-13-4-5-17(11-18(13)23(25)26)19(24)21-8-6-16(7-9-21)12-22-15(3)10-14(2)20-22/h4-5,10-11,16H,6-9,12H2,1-3H3. The van der Waals surface area contributed by atoms with Gasteiger partial charge in [-0.1, -0.05) is 6.07 Å². The number of nitro groups is 1. The minimum atomic E-state index is -0.438. The average Bonchev–Trinajstić information content (AvgIpc) is 2.92. The smallest absolute Gasteiger partial charge is 0.273 e. The van der Waals surface area contributed by atoms with Crippen LogP contribution in [-0.2, 0) is 6.54 Å². The first-order chi connectivity index (χ1) is 12.3. The third-order valence-corrected chi connectivity index (χ3v) is 5.09. The topological polar surface area (TPSA) is 81.3 Å². The molecule has 1 fully saturated rings. The summed E-state index contributed by atoms with van der Waals surface area (Å²) < 4.78 is 2.04. The molecule has 1 aliphatic rings. The number of rotatable bonds is 4. The Balaban J connectivity index is 1.62. The number of piperidine rings is 1. The van der Waals surface area contributed by atoms with E-state index in [1.54, 1.807) is 24.0 Å². The molecule has 1 amide bonds. The van der Waals surface area contributed by atoms with Crippen LogP contribution in [0.25, 0.3) is 0 Å². The SMILES string of the molecule is Cc1cc(C)n(CC2CCN(C(=O)c3ccc(C)c([N+](=O)[O-])c3)CC2)n1. The Morgan fingerprint density at radius 2 is 1.92 bits per heavy atom. The molecule has 1 aromatic heterocycles. The zero-order chi connectivity index (χ0) is 18.8. The molecule has 138 valence electrons. The lowest BCUT2D eigenvalue weighted by molar-refractivity contribution is -0.385. The van der Waals surface area contributed by atoms with E-state index in [1.807, 2.05) is 11.6 Å². The zero-order valence-electron chi connectivity index (χ0n) is 15.4. The lowest BCUT2D eigenvalue weighted by Gasteiger charge is -2.32. The summed E-state index contributed by atoms with van der Waals surface area (Å²) in [6.45, 7) is 7.94. The molecular weight excluding hydrogens is 332 g/mol. The first-order valence-corrected chi connectivity index (χ1v) is 8.90. The van der Waals surface area contributed by atoms with E-state index in [0.29, 0.717) is 30.1 Å². The van der Waals surface area contributed by atoms with E-state index < -0.39 is 4.92 Å². The molecule has 1 aromatic carbocycles. The van der Waals surface area contributed by atoms with Crippen molar-refractivity contribution in [3.8, 4) is 0 Å². The number of benzene rings is 1. The molecule has 0 bridgehead atoms. The van der Waals surface area contributed by atoms with Gasteiger partial charge in [0.2, 0.25) is 0 Å². The zero-order valence-corrected chi connectivity index (χ0v) is 15.4. The van der Waals surface area contributed by atoms with Crippen molar-refractivity contribution in [2.24, 2.45) is 5.92 Å². The van der Waals surface area contributed by atoms with Crippen molar-refractivity contribution in [3.05, 3.63) is 56.9 Å². The van der Waals surface area contributed by atoms with E-state index in [4.69, 9.17) is 0 Å². The van der Waals surface area contributed by atoms with Gasteiger partial charge in [-0.3, -0.25) is 19.6 Å². The van der Waals surface area contributed by atoms with Gasteiger partial charge in [0.1, 0.15) is 0 Å². The first-order valence-electron chi connectivity index (χ1n) is 8.90. The van der Waals surface area contributed by atoms with Crippen LogP contribution in [0.4, 0.5) is 5.69 Å². The van der Waals surface area contributed by atoms with Crippen molar-refractivity contribution in [2.75, 3.05) is 13.1 Å². The lowest BCUT2D eigenvalue weighted by Crippen LogP contribution is -2.39. The fourth-order valence-electron chi connectivity index (χ4n) is 3.54. The fourth-order valence-corrected chi connectivity index (χ4v) is 3.54. The van der Waals surface area contributed by atoms with Gasteiger partial charge in [0, 0.05) is 42.5 Å². The highest BCUT2D eigenvalue weighted by Gasteiger charge is 2.25. The molecule has 0 N–H and O–H groups in total. The van der Waals surface area contributed by atoms with E-state index in [-0.39, 0.29) is 11.6 Å². The number of aryl methyl sites for hydroxylation is 3. The Labute approximate surface area is 152 Å². The first kappa shape index (κ1) is 18.1. The molecule has 0 aliphatic carbocycles. The Morgan fingerprint density at radius 1 is 1.23 bits per heavy atom. The number of hydrogen-bond donors (Lipinski definition) is 0. The van der Waals surface area contributed by atoms with E-state index in [0.717, 1.165) is 30.8 Å². The largest absolute Gasteiger partial charge is 0.339 e. The van der Waals surface area contributed by atoms with Gasteiger partial charge in [0.15, 0.2) is 0 Å². The molecule has 26 heavy (non-hydrogen) atoms. The van der Waals surface area contributed by atoms with Crippen LogP contribution in [0.3, 0.4) is 0 Å². The van der Waals surface area contributed by atoms with Gasteiger partial charge in [-0.2, -0.15) is 5.10 Å². The summed E-state index contributed by atoms with van der Waals surface area (Å²) >= 11 is 0. The van der Waals surface area contributed by atoms with Crippen LogP contribution in [0.5, 0.6) is 0 Å². The molecule has 0 atom stereocenters. The number of carbonyl (C=O) groups is 1. The molecule has 2 heterocycles. The predicted octanol–water partition coefficient (Wildman–Crippen LogP) is 3.27. The van der Waals surface area contributed by atoms with Crippen molar-refractivity contribution in [1.82, 2.24) is 14.7 Å². The molecule has 0 unspecified atom stereocenters. The molecule has 3 rings (SSSR count). The van der Waals surface area contributed by atoms with Crippen molar-refractivity contribution in [1.29, 1.82) is 0 Å². The normalized spacial score (nSPS) is 15.3. The van der Waals surface area contributed by atoms with Crippen molar-refractivity contribution in [3.63, 3.8) is 0 Å². The van der Waals surface area contributed by atoms with E-state index >= 15 is 0 Å². The number of nitro benzene ring substituents is 1. The van der Waals surface area contributed by atoms with Gasteiger partial charge in [0.25, 0.3) is 11.6 Å². The number of nitrogens with zero attached hydrogens (tertiary/aromatic N) is 4. The van der Waals surface area contributed by atoms with Gasteiger partial charge in [0.05, 0.1) is 10.6 Å². The third kappa shape index (κ3) is 3.76. The molecule has 2 aromatic rings. The van der Waals surface area contributed by atoms with Crippen LogP contribution in [0.1, 0.15) is 40.2 Å². The summed E-state index contributed by atoms with van der Waals surface area (Å²) in [4.78, 5) is 25.1. The third-order valence-electron chi connectivity index (χ3n) is 5.09. The predicted molar refractivity (Wildman–Crippen MR) is 98.2 cm³/mol. The monoisotopic (exact) mass is 356 g/mol. The minimum absolute atomic E-state index is 0.00439. The van der Waals surface area contributed by atoms with Crippen molar-refractivity contribution in [2.45, 2.75) is 40.2 Å². The van der Waals surface area contributed by atoms with Crippen LogP contribution >= 0.6 is 0 Å². The molecule has 1 aliphatic heterocycles. The van der Waals surface area contributed by atoms with Crippen LogP contribution in [0.2, 0.25) is 0 Å². The molecule has 7 heteroatoms. The van der Waals surface area contributed by atoms with Crippen molar-refractivity contribution < 1.29 is 9.72 Å².